The van der Waals surface area contributed by atoms with Crippen LogP contribution in [0.15, 0.2) is 194 Å². The predicted octanol–water partition coefficient (Wildman–Crippen LogP) is 11.6. The first-order valence-electron chi connectivity index (χ1n) is 23.5. The maximum atomic E-state index is 15.8. The van der Waals surface area contributed by atoms with Gasteiger partial charge in [0, 0.05) is 47.4 Å². The molecule has 0 amide bonds. The van der Waals surface area contributed by atoms with Crippen LogP contribution in [0.1, 0.15) is 44.5 Å². The molecule has 8 aromatic rings. The Bertz CT molecular complexity index is 2540. The zero-order valence-corrected chi connectivity index (χ0v) is 44.7. The first-order chi connectivity index (χ1) is 32.8. The normalized spacial score (nSPS) is 13.2. The van der Waals surface area contributed by atoms with Gasteiger partial charge in [-0.25, -0.2) is 9.34 Å². The largest absolute Gasteiger partial charge is 0.296 e. The number of hydrogen-bond acceptors (Lipinski definition) is 2. The van der Waals surface area contributed by atoms with Crippen molar-refractivity contribution in [2.24, 2.45) is 0 Å². The third kappa shape index (κ3) is 11.7. The van der Waals surface area contributed by atoms with Gasteiger partial charge in [0.15, 0.2) is 0 Å². The molecule has 1 saturated heterocycles. The minimum absolute atomic E-state index is 0.568. The highest BCUT2D eigenvalue weighted by Crippen LogP contribution is 2.55. The summed E-state index contributed by atoms with van der Waals surface area (Å²) >= 11 is 0. The molecule has 8 aromatic carbocycles. The molecule has 0 unspecified atom stereocenters. The second-order valence-electron chi connectivity index (χ2n) is 17.7. The Labute approximate surface area is 410 Å². The number of benzene rings is 8. The van der Waals surface area contributed by atoms with Crippen LogP contribution in [0.2, 0.25) is 0 Å². The van der Waals surface area contributed by atoms with E-state index < -0.39 is 14.6 Å². The Hall–Kier alpha value is -5.00. The molecule has 0 bridgehead atoms. The van der Waals surface area contributed by atoms with E-state index in [4.69, 9.17) is 0 Å². The molecular formula is C60H66N2O2P4. The number of hydrogen-bond donors (Lipinski definition) is 0. The lowest BCUT2D eigenvalue weighted by Crippen LogP contribution is -2.50. The van der Waals surface area contributed by atoms with Crippen molar-refractivity contribution in [2.45, 2.75) is 55.4 Å². The van der Waals surface area contributed by atoms with Crippen LogP contribution in [0.5, 0.6) is 0 Å². The molecule has 9 rings (SSSR count). The number of piperazine rings is 1. The maximum Gasteiger partial charge on any atom is 0.208 e. The van der Waals surface area contributed by atoms with Crippen LogP contribution in [0.4, 0.5) is 0 Å². The lowest BCUT2D eigenvalue weighted by Gasteiger charge is -2.44. The van der Waals surface area contributed by atoms with E-state index in [0.717, 1.165) is 82.9 Å². The van der Waals surface area contributed by atoms with Crippen LogP contribution in [-0.2, 0) is 9.13 Å². The summed E-state index contributed by atoms with van der Waals surface area (Å²) < 4.78 is 36.0. The Morgan fingerprint density at radius 3 is 0.632 bits per heavy atom. The van der Waals surface area contributed by atoms with Crippen molar-refractivity contribution in [3.05, 3.63) is 239 Å². The molecule has 0 saturated carbocycles. The van der Waals surface area contributed by atoms with Gasteiger partial charge in [0.1, 0.15) is 0 Å². The molecule has 1 aliphatic rings. The third-order valence-corrected chi connectivity index (χ3v) is 22.8. The first-order valence-corrected chi connectivity index (χ1v) is 28.9. The second kappa shape index (κ2) is 23.5. The molecule has 0 aromatic heterocycles. The van der Waals surface area contributed by atoms with E-state index in [1.165, 1.54) is 21.2 Å². The van der Waals surface area contributed by atoms with Crippen LogP contribution in [0.25, 0.3) is 0 Å². The summed E-state index contributed by atoms with van der Waals surface area (Å²) in [5.74, 6) is 0. The van der Waals surface area contributed by atoms with Crippen molar-refractivity contribution < 1.29 is 9.13 Å². The SMILES string of the molecule is Cc1cccc(C)c1P(=O)(c1c(C)cccc1C)N1CCN(P(=O)(c2c(C)cccc2C)c2c(C)cccc2C)CC1.c1ccc(Pc2ccccc2)cc1.c1ccc(Pc2ccccc2)cc1. The first kappa shape index (κ1) is 50.9. The quantitative estimate of drug-likeness (QED) is 0.128. The summed E-state index contributed by atoms with van der Waals surface area (Å²) in [5.41, 5.74) is 8.45. The van der Waals surface area contributed by atoms with Crippen LogP contribution < -0.4 is 42.4 Å². The monoisotopic (exact) mass is 970 g/mol. The van der Waals surface area contributed by atoms with Gasteiger partial charge in [-0.3, -0.25) is 9.13 Å². The molecular weight excluding hydrogens is 905 g/mol. The summed E-state index contributed by atoms with van der Waals surface area (Å²) in [7, 11) is -4.83. The highest BCUT2D eigenvalue weighted by molar-refractivity contribution is 7.77. The fourth-order valence-corrected chi connectivity index (χ4v) is 19.2. The third-order valence-electron chi connectivity index (χ3n) is 12.7. The molecule has 0 atom stereocenters. The molecule has 348 valence electrons. The van der Waals surface area contributed by atoms with Gasteiger partial charge in [-0.1, -0.05) is 211 Å². The minimum Gasteiger partial charge on any atom is -0.296 e. The molecule has 4 nitrogen and oxygen atoms in total. The Balaban J connectivity index is 0.000000211. The fourth-order valence-electron chi connectivity index (χ4n) is 9.59. The maximum absolute atomic E-state index is 15.8. The standard InChI is InChI=1S/C36H44N2O2P2.2C12H11P/c1-25-13-9-14-26(2)33(25)41(39,34-27(3)15-10-16-28(34)4)37-21-23-38(24-22-37)42(40,35-29(5)17-11-18-30(35)6)36-31(7)19-12-20-32(36)8;2*1-3-7-11(8-4-1)13-12-9-5-2-6-10-12/h9-20H,21-24H2,1-8H3;2*1-10,13H. The lowest BCUT2D eigenvalue weighted by atomic mass is 10.1. The topological polar surface area (TPSA) is 40.6 Å². The smallest absolute Gasteiger partial charge is 0.208 e. The van der Waals surface area contributed by atoms with Gasteiger partial charge in [-0.2, -0.15) is 0 Å². The van der Waals surface area contributed by atoms with E-state index in [-0.39, 0.29) is 0 Å². The average Bonchev–Trinajstić information content (AvgIpc) is 3.33. The van der Waals surface area contributed by atoms with Crippen molar-refractivity contribution >= 4 is 74.2 Å². The van der Waals surface area contributed by atoms with Crippen LogP contribution in [0, 0.1) is 55.4 Å². The van der Waals surface area contributed by atoms with Crippen molar-refractivity contribution in [1.82, 2.24) is 9.34 Å². The van der Waals surface area contributed by atoms with Gasteiger partial charge in [0.2, 0.25) is 14.6 Å². The van der Waals surface area contributed by atoms with E-state index in [1.807, 2.05) is 24.3 Å². The van der Waals surface area contributed by atoms with Gasteiger partial charge in [-0.05, 0) is 121 Å². The van der Waals surface area contributed by atoms with Crippen LogP contribution in [-0.4, -0.2) is 35.5 Å². The summed E-state index contributed by atoms with van der Waals surface area (Å²) in [5, 5.41) is 9.38. The zero-order valence-electron chi connectivity index (χ0n) is 40.9. The molecule has 0 N–H and O–H groups in total. The van der Waals surface area contributed by atoms with E-state index in [2.05, 4.69) is 235 Å². The number of rotatable bonds is 10. The van der Waals surface area contributed by atoms with Crippen molar-refractivity contribution in [1.29, 1.82) is 0 Å². The summed E-state index contributed by atoms with van der Waals surface area (Å²) in [6.07, 6.45) is 0. The zero-order chi connectivity index (χ0) is 48.3. The molecule has 1 fully saturated rings. The van der Waals surface area contributed by atoms with Gasteiger partial charge in [0.25, 0.3) is 0 Å². The van der Waals surface area contributed by atoms with E-state index in [1.54, 1.807) is 0 Å². The van der Waals surface area contributed by atoms with Gasteiger partial charge < -0.3 is 0 Å². The second-order valence-corrected chi connectivity index (χ2v) is 25.8. The Morgan fingerprint density at radius 2 is 0.456 bits per heavy atom. The van der Waals surface area contributed by atoms with Crippen molar-refractivity contribution in [3.8, 4) is 0 Å². The summed E-state index contributed by atoms with van der Waals surface area (Å²) in [6, 6.07) is 67.1. The van der Waals surface area contributed by atoms with Gasteiger partial charge in [0.05, 0.1) is 0 Å². The molecule has 0 radical (unpaired) electrons. The Kier molecular flexibility index (Phi) is 17.6. The van der Waals surface area contributed by atoms with E-state index in [9.17, 15) is 0 Å². The number of nitrogens with zero attached hydrogens (tertiary/aromatic N) is 2. The molecule has 8 heteroatoms. The fraction of sp³-hybridized carbons (Fsp3) is 0.200. The van der Waals surface area contributed by atoms with Crippen molar-refractivity contribution in [2.75, 3.05) is 26.2 Å². The van der Waals surface area contributed by atoms with Gasteiger partial charge >= 0.3 is 0 Å². The molecule has 68 heavy (non-hydrogen) atoms. The highest BCUT2D eigenvalue weighted by Gasteiger charge is 2.45. The predicted molar refractivity (Wildman–Crippen MR) is 301 cm³/mol. The minimum atomic E-state index is -3.19. The molecule has 0 spiro atoms. The van der Waals surface area contributed by atoms with Crippen molar-refractivity contribution in [3.63, 3.8) is 0 Å². The van der Waals surface area contributed by atoms with Gasteiger partial charge in [-0.15, -0.1) is 0 Å². The van der Waals surface area contributed by atoms with Crippen LogP contribution in [0.3, 0.4) is 0 Å². The highest BCUT2D eigenvalue weighted by atomic mass is 31.2. The summed E-state index contributed by atoms with van der Waals surface area (Å²) in [6.45, 7) is 18.9. The molecule has 1 heterocycles. The Morgan fingerprint density at radius 1 is 0.279 bits per heavy atom. The van der Waals surface area contributed by atoms with E-state index >= 15 is 9.13 Å². The number of aryl methyl sites for hydroxylation is 8. The molecule has 1 aliphatic heterocycles. The van der Waals surface area contributed by atoms with Crippen LogP contribution >= 0.6 is 31.7 Å². The van der Waals surface area contributed by atoms with E-state index in [0.29, 0.717) is 26.2 Å². The lowest BCUT2D eigenvalue weighted by molar-refractivity contribution is 0.277. The summed E-state index contributed by atoms with van der Waals surface area (Å²) in [4.78, 5) is 0. The molecule has 0 aliphatic carbocycles. The average molecular weight is 971 g/mol.